The molecule has 0 aromatic carbocycles. The van der Waals surface area contributed by atoms with Crippen LogP contribution in [0.3, 0.4) is 0 Å². The van der Waals surface area contributed by atoms with Crippen molar-refractivity contribution in [3.8, 4) is 0 Å². The minimum Gasteiger partial charge on any atom is -0.311 e. The molecule has 0 saturated heterocycles. The lowest BCUT2D eigenvalue weighted by Gasteiger charge is -2.34. The van der Waals surface area contributed by atoms with Gasteiger partial charge in [0.2, 0.25) is 0 Å². The van der Waals surface area contributed by atoms with Gasteiger partial charge in [-0.25, -0.2) is 0 Å². The second-order valence-corrected chi connectivity index (χ2v) is 8.29. The highest BCUT2D eigenvalue weighted by Gasteiger charge is 2.26. The van der Waals surface area contributed by atoms with Gasteiger partial charge in [-0.2, -0.15) is 0 Å². The van der Waals surface area contributed by atoms with Gasteiger partial charge in [0.05, 0.1) is 11.4 Å². The summed E-state index contributed by atoms with van der Waals surface area (Å²) in [5.41, 5.74) is 2.34. The molecule has 4 rings (SSSR count). The zero-order valence-corrected chi connectivity index (χ0v) is 16.0. The van der Waals surface area contributed by atoms with E-state index in [1.807, 2.05) is 0 Å². The van der Waals surface area contributed by atoms with Gasteiger partial charge in [0.1, 0.15) is 0 Å². The molecule has 5 nitrogen and oxygen atoms in total. The molecular formula is C21H35N5. The number of aromatic nitrogens is 1. The number of hydrogen-bond donors (Lipinski definition) is 4. The average molecular weight is 358 g/mol. The SMILES string of the molecule is c1cc2nc(c1)CN[C@H]1CCCC[C@@H]1NCCN[C@H]1CCCCC1NC2. The summed E-state index contributed by atoms with van der Waals surface area (Å²) >= 11 is 0. The van der Waals surface area contributed by atoms with E-state index in [9.17, 15) is 0 Å². The van der Waals surface area contributed by atoms with E-state index in [1.54, 1.807) is 0 Å². The van der Waals surface area contributed by atoms with E-state index in [-0.39, 0.29) is 0 Å². The van der Waals surface area contributed by atoms with Crippen molar-refractivity contribution >= 4 is 0 Å². The molecule has 4 N–H and O–H groups in total. The van der Waals surface area contributed by atoms with Crippen molar-refractivity contribution in [2.75, 3.05) is 13.1 Å². The second-order valence-electron chi connectivity index (χ2n) is 8.29. The summed E-state index contributed by atoms with van der Waals surface area (Å²) in [6.07, 6.45) is 10.5. The van der Waals surface area contributed by atoms with Gasteiger partial charge in [0.25, 0.3) is 0 Å². The van der Waals surface area contributed by atoms with Crippen LogP contribution in [0.25, 0.3) is 0 Å². The molecule has 5 heteroatoms. The van der Waals surface area contributed by atoms with Crippen LogP contribution in [0.15, 0.2) is 18.2 Å². The van der Waals surface area contributed by atoms with Crippen LogP contribution in [-0.2, 0) is 13.1 Å². The Balaban J connectivity index is 1.47. The Morgan fingerprint density at radius 2 is 1.04 bits per heavy atom. The normalized spacial score (nSPS) is 34.0. The number of nitrogens with zero attached hydrogens (tertiary/aromatic N) is 1. The Hall–Kier alpha value is -1.01. The zero-order valence-electron chi connectivity index (χ0n) is 16.0. The van der Waals surface area contributed by atoms with E-state index in [4.69, 9.17) is 4.98 Å². The second kappa shape index (κ2) is 9.27. The number of pyridine rings is 1. The number of hydrogen-bond acceptors (Lipinski definition) is 5. The monoisotopic (exact) mass is 357 g/mol. The first-order chi connectivity index (χ1) is 12.9. The number of fused-ring (bicyclic) bond motifs is 4. The Bertz CT molecular complexity index is 518. The molecule has 26 heavy (non-hydrogen) atoms. The molecule has 2 saturated carbocycles. The van der Waals surface area contributed by atoms with E-state index in [0.717, 1.165) is 26.2 Å². The van der Waals surface area contributed by atoms with Crippen molar-refractivity contribution in [1.29, 1.82) is 0 Å². The molecule has 0 amide bonds. The van der Waals surface area contributed by atoms with Crippen molar-refractivity contribution in [1.82, 2.24) is 26.3 Å². The number of rotatable bonds is 0. The van der Waals surface area contributed by atoms with Crippen molar-refractivity contribution in [3.05, 3.63) is 29.6 Å². The quantitative estimate of drug-likeness (QED) is 0.573. The largest absolute Gasteiger partial charge is 0.311 e. The zero-order chi connectivity index (χ0) is 17.6. The summed E-state index contributed by atoms with van der Waals surface area (Å²) in [4.78, 5) is 4.89. The van der Waals surface area contributed by atoms with Crippen LogP contribution in [0.4, 0.5) is 0 Å². The summed E-state index contributed by atoms with van der Waals surface area (Å²) in [6.45, 7) is 3.89. The van der Waals surface area contributed by atoms with Crippen LogP contribution in [0, 0.1) is 0 Å². The average Bonchev–Trinajstić information content (AvgIpc) is 2.69. The van der Waals surface area contributed by atoms with Crippen LogP contribution >= 0.6 is 0 Å². The van der Waals surface area contributed by atoms with Crippen LogP contribution < -0.4 is 21.3 Å². The third kappa shape index (κ3) is 4.83. The summed E-state index contributed by atoms with van der Waals surface area (Å²) in [6, 6.07) is 8.81. The summed E-state index contributed by atoms with van der Waals surface area (Å²) in [7, 11) is 0. The molecule has 4 atom stereocenters. The first kappa shape index (κ1) is 18.4. The van der Waals surface area contributed by atoms with Crippen LogP contribution in [0.2, 0.25) is 0 Å². The summed E-state index contributed by atoms with van der Waals surface area (Å²) in [5, 5.41) is 15.2. The van der Waals surface area contributed by atoms with Crippen LogP contribution in [0.1, 0.15) is 62.8 Å². The molecule has 1 aromatic rings. The Labute approximate surface area is 158 Å². The van der Waals surface area contributed by atoms with Gasteiger partial charge >= 0.3 is 0 Å². The molecule has 0 radical (unpaired) electrons. The van der Waals surface area contributed by atoms with Crippen molar-refractivity contribution in [3.63, 3.8) is 0 Å². The van der Waals surface area contributed by atoms with Gasteiger partial charge in [-0.15, -0.1) is 0 Å². The highest BCUT2D eigenvalue weighted by molar-refractivity contribution is 5.12. The summed E-state index contributed by atoms with van der Waals surface area (Å²) in [5.74, 6) is 0. The molecule has 2 aliphatic carbocycles. The topological polar surface area (TPSA) is 61.0 Å². The van der Waals surface area contributed by atoms with Gasteiger partial charge in [-0.05, 0) is 37.8 Å². The van der Waals surface area contributed by atoms with Gasteiger partial charge in [-0.3, -0.25) is 4.98 Å². The van der Waals surface area contributed by atoms with E-state index in [0.29, 0.717) is 24.2 Å². The molecule has 1 unspecified atom stereocenters. The maximum atomic E-state index is 4.89. The maximum Gasteiger partial charge on any atom is 0.0545 e. The van der Waals surface area contributed by atoms with Crippen LogP contribution in [-0.4, -0.2) is 42.2 Å². The van der Waals surface area contributed by atoms with E-state index >= 15 is 0 Å². The Kier molecular flexibility index (Phi) is 6.54. The minimum atomic E-state index is 0.569. The molecule has 1 aliphatic heterocycles. The molecule has 2 fully saturated rings. The Morgan fingerprint density at radius 1 is 0.615 bits per heavy atom. The Morgan fingerprint density at radius 3 is 1.50 bits per heavy atom. The fraction of sp³-hybridized carbons (Fsp3) is 0.762. The predicted molar refractivity (Wildman–Crippen MR) is 106 cm³/mol. The smallest absolute Gasteiger partial charge is 0.0545 e. The van der Waals surface area contributed by atoms with Gasteiger partial charge < -0.3 is 21.3 Å². The molecule has 144 valence electrons. The third-order valence-corrected chi connectivity index (χ3v) is 6.43. The van der Waals surface area contributed by atoms with Gasteiger partial charge in [0, 0.05) is 50.3 Å². The lowest BCUT2D eigenvalue weighted by atomic mass is 9.89. The lowest BCUT2D eigenvalue weighted by Crippen LogP contribution is -2.53. The molecule has 1 aromatic heterocycles. The summed E-state index contributed by atoms with van der Waals surface area (Å²) < 4.78 is 0. The van der Waals surface area contributed by atoms with E-state index < -0.39 is 0 Å². The third-order valence-electron chi connectivity index (χ3n) is 6.43. The molecular weight excluding hydrogens is 322 g/mol. The highest BCUT2D eigenvalue weighted by Crippen LogP contribution is 2.20. The lowest BCUT2D eigenvalue weighted by molar-refractivity contribution is 0.266. The molecule has 2 bridgehead atoms. The standard InChI is InChI=1S/C21H35N5/c1-3-10-20-18(8-1)22-12-13-23-19-9-2-4-11-21(19)25-15-17-7-5-6-16(26-17)14-24-20/h5-7,18-25H,1-4,8-15H2/t18-,19-,20-,21?/m0/s1. The van der Waals surface area contributed by atoms with E-state index in [2.05, 4.69) is 39.5 Å². The molecule has 0 spiro atoms. The van der Waals surface area contributed by atoms with Crippen molar-refractivity contribution in [2.24, 2.45) is 0 Å². The first-order valence-corrected chi connectivity index (χ1v) is 10.8. The number of nitrogens with one attached hydrogen (secondary N) is 4. The highest BCUT2D eigenvalue weighted by atomic mass is 15.1. The van der Waals surface area contributed by atoms with Crippen molar-refractivity contribution < 1.29 is 0 Å². The fourth-order valence-electron chi connectivity index (χ4n) is 4.95. The fourth-order valence-corrected chi connectivity index (χ4v) is 4.95. The predicted octanol–water partition coefficient (Wildman–Crippen LogP) is 2.08. The molecule has 3 aliphatic rings. The van der Waals surface area contributed by atoms with Gasteiger partial charge in [-0.1, -0.05) is 31.7 Å². The maximum absolute atomic E-state index is 4.89. The van der Waals surface area contributed by atoms with Crippen LogP contribution in [0.5, 0.6) is 0 Å². The first-order valence-electron chi connectivity index (χ1n) is 10.8. The minimum absolute atomic E-state index is 0.569. The van der Waals surface area contributed by atoms with Gasteiger partial charge in [0.15, 0.2) is 0 Å². The van der Waals surface area contributed by atoms with E-state index in [1.165, 1.54) is 62.8 Å². The molecule has 2 heterocycles. The van der Waals surface area contributed by atoms with Crippen molar-refractivity contribution in [2.45, 2.75) is 88.6 Å².